The van der Waals surface area contributed by atoms with Crippen molar-refractivity contribution in [3.8, 4) is 5.75 Å². The Balaban J connectivity index is 1.89. The fraction of sp³-hybridized carbons (Fsp3) is 0.692. The van der Waals surface area contributed by atoms with E-state index in [9.17, 15) is 13.9 Å². The lowest BCUT2D eigenvalue weighted by Gasteiger charge is -2.33. The Hall–Kier alpha value is -1.21. The minimum absolute atomic E-state index is 0.0497. The third-order valence-electron chi connectivity index (χ3n) is 3.66. The average Bonchev–Trinajstić information content (AvgIpc) is 2.43. The van der Waals surface area contributed by atoms with Crippen molar-refractivity contribution < 1.29 is 13.9 Å². The van der Waals surface area contributed by atoms with Gasteiger partial charge in [0.1, 0.15) is 0 Å². The minimum atomic E-state index is -2.31. The van der Waals surface area contributed by atoms with Gasteiger partial charge in [0, 0.05) is 13.1 Å². The summed E-state index contributed by atoms with van der Waals surface area (Å²) in [6.45, 7) is 3.42. The molecule has 0 aliphatic carbocycles. The highest BCUT2D eigenvalue weighted by atomic mass is 35.5. The number of aromatic hydroxyl groups is 1. The van der Waals surface area contributed by atoms with E-state index in [2.05, 4.69) is 15.3 Å². The van der Waals surface area contributed by atoms with Crippen LogP contribution < -0.4 is 10.2 Å². The maximum absolute atomic E-state index is 12.1. The van der Waals surface area contributed by atoms with Gasteiger partial charge in [-0.2, -0.15) is 4.98 Å². The van der Waals surface area contributed by atoms with Gasteiger partial charge in [-0.15, -0.1) is 0 Å². The van der Waals surface area contributed by atoms with Gasteiger partial charge in [-0.05, 0) is 43.8 Å². The van der Waals surface area contributed by atoms with E-state index in [-0.39, 0.29) is 17.6 Å². The SMILES string of the molecule is Cc1nc(Cl)nc(N2CCC(CNCC(F)F)CC2)c1O. The second-order valence-electron chi connectivity index (χ2n) is 5.23. The summed E-state index contributed by atoms with van der Waals surface area (Å²) in [4.78, 5) is 9.94. The normalized spacial score (nSPS) is 16.7. The summed E-state index contributed by atoms with van der Waals surface area (Å²) in [6.07, 6.45) is -0.597. The molecule has 0 aromatic carbocycles. The third-order valence-corrected chi connectivity index (χ3v) is 3.83. The first-order valence-corrected chi connectivity index (χ1v) is 7.32. The van der Waals surface area contributed by atoms with Crippen molar-refractivity contribution in [3.05, 3.63) is 11.0 Å². The van der Waals surface area contributed by atoms with Crippen LogP contribution in [-0.2, 0) is 0 Å². The van der Waals surface area contributed by atoms with E-state index < -0.39 is 6.43 Å². The molecule has 2 N–H and O–H groups in total. The summed E-state index contributed by atoms with van der Waals surface area (Å²) >= 11 is 5.83. The number of hydrogen-bond donors (Lipinski definition) is 2. The largest absolute Gasteiger partial charge is 0.503 e. The van der Waals surface area contributed by atoms with E-state index >= 15 is 0 Å². The minimum Gasteiger partial charge on any atom is -0.503 e. The summed E-state index contributed by atoms with van der Waals surface area (Å²) in [5.74, 6) is 0.862. The van der Waals surface area contributed by atoms with E-state index in [1.165, 1.54) is 0 Å². The van der Waals surface area contributed by atoms with Gasteiger partial charge in [-0.3, -0.25) is 0 Å². The molecule has 1 fully saturated rings. The fourth-order valence-electron chi connectivity index (χ4n) is 2.48. The van der Waals surface area contributed by atoms with Crippen LogP contribution in [0.4, 0.5) is 14.6 Å². The van der Waals surface area contributed by atoms with Crippen LogP contribution in [0.25, 0.3) is 0 Å². The van der Waals surface area contributed by atoms with Gasteiger partial charge in [0.25, 0.3) is 6.43 Å². The van der Waals surface area contributed by atoms with Gasteiger partial charge in [0.15, 0.2) is 11.6 Å². The summed E-state index contributed by atoms with van der Waals surface area (Å²) in [5.41, 5.74) is 0.450. The Kier molecular flexibility index (Phi) is 5.52. The summed E-state index contributed by atoms with van der Waals surface area (Å²) < 4.78 is 24.1. The van der Waals surface area contributed by atoms with Gasteiger partial charge >= 0.3 is 0 Å². The number of nitrogens with zero attached hydrogens (tertiary/aromatic N) is 3. The molecule has 21 heavy (non-hydrogen) atoms. The molecule has 0 unspecified atom stereocenters. The molecular weight excluding hydrogens is 302 g/mol. The van der Waals surface area contributed by atoms with Crippen LogP contribution in [0.2, 0.25) is 5.28 Å². The quantitative estimate of drug-likeness (QED) is 0.815. The van der Waals surface area contributed by atoms with Crippen molar-refractivity contribution in [2.75, 3.05) is 31.1 Å². The molecule has 1 saturated heterocycles. The Morgan fingerprint density at radius 3 is 2.67 bits per heavy atom. The highest BCUT2D eigenvalue weighted by molar-refractivity contribution is 6.28. The standard InChI is InChI=1S/C13H19ClF2N4O/c1-8-11(21)12(19-13(14)18-8)20-4-2-9(3-5-20)6-17-7-10(15)16/h9-10,17,21H,2-7H2,1H3. The second kappa shape index (κ2) is 7.17. The number of aryl methyl sites for hydroxylation is 1. The predicted molar refractivity (Wildman–Crippen MR) is 77.3 cm³/mol. The predicted octanol–water partition coefficient (Wildman–Crippen LogP) is 2.22. The zero-order valence-corrected chi connectivity index (χ0v) is 12.6. The fourth-order valence-corrected chi connectivity index (χ4v) is 2.69. The lowest BCUT2D eigenvalue weighted by molar-refractivity contribution is 0.143. The lowest BCUT2D eigenvalue weighted by Crippen LogP contribution is -2.38. The summed E-state index contributed by atoms with van der Waals surface area (Å²) in [7, 11) is 0. The molecule has 118 valence electrons. The van der Waals surface area contributed by atoms with E-state index in [0.29, 0.717) is 37.1 Å². The number of piperidine rings is 1. The Labute approximate surface area is 127 Å². The maximum atomic E-state index is 12.1. The molecule has 2 rings (SSSR count). The first-order chi connectivity index (χ1) is 9.97. The smallest absolute Gasteiger partial charge is 0.250 e. The molecule has 0 atom stereocenters. The van der Waals surface area contributed by atoms with Crippen molar-refractivity contribution in [2.45, 2.75) is 26.2 Å². The first-order valence-electron chi connectivity index (χ1n) is 6.94. The van der Waals surface area contributed by atoms with Gasteiger partial charge in [-0.1, -0.05) is 0 Å². The lowest BCUT2D eigenvalue weighted by atomic mass is 9.96. The molecule has 8 heteroatoms. The molecule has 5 nitrogen and oxygen atoms in total. The molecular formula is C13H19ClF2N4O. The Bertz CT molecular complexity index is 481. The number of rotatable bonds is 5. The van der Waals surface area contributed by atoms with Gasteiger partial charge in [0.05, 0.1) is 12.2 Å². The van der Waals surface area contributed by atoms with Gasteiger partial charge in [-0.25, -0.2) is 13.8 Å². The van der Waals surface area contributed by atoms with Crippen LogP contribution in [-0.4, -0.2) is 47.7 Å². The molecule has 1 aliphatic heterocycles. The highest BCUT2D eigenvalue weighted by Gasteiger charge is 2.23. The Morgan fingerprint density at radius 1 is 1.38 bits per heavy atom. The molecule has 1 aromatic rings. The Morgan fingerprint density at radius 2 is 2.05 bits per heavy atom. The first kappa shape index (κ1) is 16.2. The molecule has 0 bridgehead atoms. The summed E-state index contributed by atoms with van der Waals surface area (Å²) in [5, 5.41) is 12.9. The number of nitrogens with one attached hydrogen (secondary N) is 1. The highest BCUT2D eigenvalue weighted by Crippen LogP contribution is 2.31. The van der Waals surface area contributed by atoms with Gasteiger partial charge in [0.2, 0.25) is 5.28 Å². The van der Waals surface area contributed by atoms with Crippen molar-refractivity contribution in [1.82, 2.24) is 15.3 Å². The number of halogens is 3. The topological polar surface area (TPSA) is 61.3 Å². The van der Waals surface area contributed by atoms with Crippen molar-refractivity contribution in [2.24, 2.45) is 5.92 Å². The van der Waals surface area contributed by atoms with E-state index in [4.69, 9.17) is 11.6 Å². The molecule has 1 aliphatic rings. The van der Waals surface area contributed by atoms with Crippen LogP contribution in [0, 0.1) is 12.8 Å². The molecule has 0 saturated carbocycles. The zero-order valence-electron chi connectivity index (χ0n) is 11.8. The molecule has 0 amide bonds. The van der Waals surface area contributed by atoms with Crippen molar-refractivity contribution >= 4 is 17.4 Å². The van der Waals surface area contributed by atoms with Crippen LogP contribution >= 0.6 is 11.6 Å². The van der Waals surface area contributed by atoms with E-state index in [1.807, 2.05) is 4.90 Å². The van der Waals surface area contributed by atoms with E-state index in [1.54, 1.807) is 6.92 Å². The molecule has 2 heterocycles. The maximum Gasteiger partial charge on any atom is 0.250 e. The number of aromatic nitrogens is 2. The average molecular weight is 321 g/mol. The van der Waals surface area contributed by atoms with Crippen molar-refractivity contribution in [1.29, 1.82) is 0 Å². The number of alkyl halides is 2. The van der Waals surface area contributed by atoms with Crippen LogP contribution in [0.3, 0.4) is 0 Å². The monoisotopic (exact) mass is 320 g/mol. The molecule has 0 spiro atoms. The van der Waals surface area contributed by atoms with Gasteiger partial charge < -0.3 is 15.3 Å². The zero-order chi connectivity index (χ0) is 15.4. The molecule has 0 radical (unpaired) electrons. The van der Waals surface area contributed by atoms with Crippen molar-refractivity contribution in [3.63, 3.8) is 0 Å². The van der Waals surface area contributed by atoms with Crippen LogP contribution in [0.1, 0.15) is 18.5 Å². The molecule has 1 aromatic heterocycles. The summed E-state index contributed by atoms with van der Waals surface area (Å²) in [6, 6.07) is 0. The second-order valence-corrected chi connectivity index (χ2v) is 5.57. The number of hydrogen-bond acceptors (Lipinski definition) is 5. The number of anilines is 1. The van der Waals surface area contributed by atoms with Crippen LogP contribution in [0.15, 0.2) is 0 Å². The van der Waals surface area contributed by atoms with E-state index in [0.717, 1.165) is 12.8 Å². The third kappa shape index (κ3) is 4.38. The van der Waals surface area contributed by atoms with Crippen LogP contribution in [0.5, 0.6) is 5.75 Å².